The van der Waals surface area contributed by atoms with Gasteiger partial charge in [0.2, 0.25) is 5.95 Å². The van der Waals surface area contributed by atoms with Crippen molar-refractivity contribution in [2.75, 3.05) is 11.9 Å². The van der Waals surface area contributed by atoms with Gasteiger partial charge in [0.05, 0.1) is 6.61 Å². The number of nitrogens with one attached hydrogen (secondary N) is 1. The number of aryl methyl sites for hydroxylation is 1. The fourth-order valence-corrected chi connectivity index (χ4v) is 3.17. The maximum atomic E-state index is 13.1. The second-order valence-corrected chi connectivity index (χ2v) is 7.17. The monoisotopic (exact) mass is 463 g/mol. The molecule has 0 aliphatic heterocycles. The van der Waals surface area contributed by atoms with Gasteiger partial charge in [0.1, 0.15) is 12.4 Å². The van der Waals surface area contributed by atoms with Crippen LogP contribution >= 0.6 is 15.9 Å². The third-order valence-electron chi connectivity index (χ3n) is 4.12. The molecule has 0 fully saturated rings. The fourth-order valence-electron chi connectivity index (χ4n) is 2.70. The summed E-state index contributed by atoms with van der Waals surface area (Å²) in [4.78, 5) is 0. The number of hydrogen-bond acceptors (Lipinski definition) is 6. The Morgan fingerprint density at radius 3 is 2.59 bits per heavy atom. The second kappa shape index (κ2) is 10.2. The van der Waals surface area contributed by atoms with Gasteiger partial charge < -0.3 is 14.8 Å². The normalized spacial score (nSPS) is 10.8. The Labute approximate surface area is 177 Å². The van der Waals surface area contributed by atoms with Crippen molar-refractivity contribution in [1.29, 1.82) is 0 Å². The largest absolute Gasteiger partial charge is 0.490 e. The summed E-state index contributed by atoms with van der Waals surface area (Å²) in [6.45, 7) is 6.08. The highest BCUT2D eigenvalue weighted by atomic mass is 79.9. The summed E-state index contributed by atoms with van der Waals surface area (Å²) in [5.41, 5.74) is 1.85. The molecular formula is C20H23BrFN5O2. The molecule has 3 rings (SSSR count). The van der Waals surface area contributed by atoms with Crippen molar-refractivity contribution in [3.8, 4) is 11.5 Å². The van der Waals surface area contributed by atoms with E-state index < -0.39 is 0 Å². The van der Waals surface area contributed by atoms with Gasteiger partial charge in [0.15, 0.2) is 11.5 Å². The van der Waals surface area contributed by atoms with E-state index in [1.807, 2.05) is 19.1 Å². The van der Waals surface area contributed by atoms with E-state index in [2.05, 4.69) is 43.7 Å². The standard InChI is InChI=1S/C20H23BrFN5O2/c1-3-9-27-20(24-25-26-27)23-12-15-10-18(28-4-2)19(11-17(15)21)29-13-14-5-7-16(22)8-6-14/h5-8,10-11H,3-4,9,12-13H2,1-2H3,(H,23,24,26). The predicted molar refractivity (Wildman–Crippen MR) is 111 cm³/mol. The van der Waals surface area contributed by atoms with Crippen molar-refractivity contribution in [3.05, 3.63) is 57.8 Å². The molecule has 0 aliphatic carbocycles. The minimum Gasteiger partial charge on any atom is -0.490 e. The molecule has 0 spiro atoms. The van der Waals surface area contributed by atoms with Gasteiger partial charge in [-0.1, -0.05) is 40.1 Å². The number of anilines is 1. The number of halogens is 2. The molecule has 0 radical (unpaired) electrons. The minimum atomic E-state index is -0.270. The van der Waals surface area contributed by atoms with Crippen molar-refractivity contribution < 1.29 is 13.9 Å². The van der Waals surface area contributed by atoms with E-state index >= 15 is 0 Å². The van der Waals surface area contributed by atoms with Gasteiger partial charge in [0.25, 0.3) is 0 Å². The number of ether oxygens (including phenoxy) is 2. The van der Waals surface area contributed by atoms with Crippen molar-refractivity contribution in [1.82, 2.24) is 20.2 Å². The number of nitrogens with zero attached hydrogens (tertiary/aromatic N) is 4. The summed E-state index contributed by atoms with van der Waals surface area (Å²) in [6.07, 6.45) is 0.942. The molecular weight excluding hydrogens is 441 g/mol. The Bertz CT molecular complexity index is 933. The van der Waals surface area contributed by atoms with Gasteiger partial charge in [0, 0.05) is 17.6 Å². The maximum Gasteiger partial charge on any atom is 0.243 e. The van der Waals surface area contributed by atoms with Crippen molar-refractivity contribution in [2.45, 2.75) is 40.0 Å². The molecule has 7 nitrogen and oxygen atoms in total. The van der Waals surface area contributed by atoms with E-state index in [9.17, 15) is 4.39 Å². The van der Waals surface area contributed by atoms with E-state index in [4.69, 9.17) is 9.47 Å². The van der Waals surface area contributed by atoms with Gasteiger partial charge >= 0.3 is 0 Å². The van der Waals surface area contributed by atoms with Crippen LogP contribution in [-0.2, 0) is 19.7 Å². The van der Waals surface area contributed by atoms with E-state index in [1.54, 1.807) is 16.8 Å². The molecule has 9 heteroatoms. The van der Waals surface area contributed by atoms with Crippen LogP contribution in [0.4, 0.5) is 10.3 Å². The van der Waals surface area contributed by atoms with E-state index in [0.29, 0.717) is 37.2 Å². The first-order valence-corrected chi connectivity index (χ1v) is 10.2. The number of aromatic nitrogens is 4. The molecule has 1 aromatic heterocycles. The predicted octanol–water partition coefficient (Wildman–Crippen LogP) is 4.57. The lowest BCUT2D eigenvalue weighted by atomic mass is 10.2. The third-order valence-corrected chi connectivity index (χ3v) is 4.86. The number of hydrogen-bond donors (Lipinski definition) is 1. The highest BCUT2D eigenvalue weighted by Crippen LogP contribution is 2.34. The minimum absolute atomic E-state index is 0.270. The number of benzene rings is 2. The molecule has 29 heavy (non-hydrogen) atoms. The molecule has 0 unspecified atom stereocenters. The summed E-state index contributed by atoms with van der Waals surface area (Å²) in [5, 5.41) is 15.0. The fraction of sp³-hybridized carbons (Fsp3) is 0.350. The lowest BCUT2D eigenvalue weighted by Crippen LogP contribution is -2.09. The summed E-state index contributed by atoms with van der Waals surface area (Å²) in [7, 11) is 0. The topological polar surface area (TPSA) is 74.1 Å². The van der Waals surface area contributed by atoms with Crippen LogP contribution in [0.15, 0.2) is 40.9 Å². The lowest BCUT2D eigenvalue weighted by molar-refractivity contribution is 0.269. The Hall–Kier alpha value is -2.68. The van der Waals surface area contributed by atoms with E-state index in [0.717, 1.165) is 28.6 Å². The van der Waals surface area contributed by atoms with Crippen LogP contribution in [0.1, 0.15) is 31.4 Å². The maximum absolute atomic E-state index is 13.1. The molecule has 0 saturated heterocycles. The second-order valence-electron chi connectivity index (χ2n) is 6.32. The Kier molecular flexibility index (Phi) is 7.40. The summed E-state index contributed by atoms with van der Waals surface area (Å²) in [6, 6.07) is 10.0. The molecule has 2 aromatic carbocycles. The first-order valence-electron chi connectivity index (χ1n) is 9.43. The zero-order chi connectivity index (χ0) is 20.6. The molecule has 0 amide bonds. The van der Waals surface area contributed by atoms with Gasteiger partial charge in [-0.25, -0.2) is 9.07 Å². The molecule has 154 valence electrons. The van der Waals surface area contributed by atoms with Crippen LogP contribution in [0.5, 0.6) is 11.5 Å². The van der Waals surface area contributed by atoms with Crippen LogP contribution in [0.3, 0.4) is 0 Å². The zero-order valence-electron chi connectivity index (χ0n) is 16.4. The summed E-state index contributed by atoms with van der Waals surface area (Å²) >= 11 is 3.60. The van der Waals surface area contributed by atoms with Crippen molar-refractivity contribution >= 4 is 21.9 Å². The SMILES string of the molecule is CCCn1nnnc1NCc1cc(OCC)c(OCc2ccc(F)cc2)cc1Br. The molecule has 1 heterocycles. The molecule has 0 bridgehead atoms. The lowest BCUT2D eigenvalue weighted by Gasteiger charge is -2.15. The van der Waals surface area contributed by atoms with Crippen molar-refractivity contribution in [2.24, 2.45) is 0 Å². The van der Waals surface area contributed by atoms with Crippen LogP contribution in [-0.4, -0.2) is 26.8 Å². The van der Waals surface area contributed by atoms with Gasteiger partial charge in [-0.15, -0.1) is 0 Å². The first kappa shape index (κ1) is 21.0. The summed E-state index contributed by atoms with van der Waals surface area (Å²) < 4.78 is 27.4. The zero-order valence-corrected chi connectivity index (χ0v) is 17.9. The smallest absolute Gasteiger partial charge is 0.243 e. The average molecular weight is 464 g/mol. The van der Waals surface area contributed by atoms with Crippen LogP contribution in [0.25, 0.3) is 0 Å². The van der Waals surface area contributed by atoms with Gasteiger partial charge in [-0.2, -0.15) is 0 Å². The van der Waals surface area contributed by atoms with Crippen LogP contribution in [0.2, 0.25) is 0 Å². The Balaban J connectivity index is 1.72. The number of tetrazole rings is 1. The molecule has 0 atom stereocenters. The highest BCUT2D eigenvalue weighted by Gasteiger charge is 2.13. The van der Waals surface area contributed by atoms with Crippen LogP contribution < -0.4 is 14.8 Å². The van der Waals surface area contributed by atoms with Gasteiger partial charge in [-0.05, 0) is 59.2 Å². The van der Waals surface area contributed by atoms with E-state index in [1.165, 1.54) is 12.1 Å². The van der Waals surface area contributed by atoms with Gasteiger partial charge in [-0.3, -0.25) is 0 Å². The summed E-state index contributed by atoms with van der Waals surface area (Å²) in [5.74, 6) is 1.60. The van der Waals surface area contributed by atoms with Crippen LogP contribution in [0, 0.1) is 5.82 Å². The number of rotatable bonds is 10. The third kappa shape index (κ3) is 5.66. The Morgan fingerprint density at radius 2 is 1.86 bits per heavy atom. The molecule has 0 aliphatic rings. The Morgan fingerprint density at radius 1 is 1.10 bits per heavy atom. The quantitative estimate of drug-likeness (QED) is 0.474. The first-order chi connectivity index (χ1) is 14.1. The molecule has 0 saturated carbocycles. The van der Waals surface area contributed by atoms with Crippen molar-refractivity contribution in [3.63, 3.8) is 0 Å². The average Bonchev–Trinajstić information content (AvgIpc) is 3.15. The molecule has 3 aromatic rings. The van der Waals surface area contributed by atoms with E-state index in [-0.39, 0.29) is 5.82 Å². The highest BCUT2D eigenvalue weighted by molar-refractivity contribution is 9.10. The molecule has 1 N–H and O–H groups in total.